The third kappa shape index (κ3) is 38.6. The summed E-state index contributed by atoms with van der Waals surface area (Å²) in [5, 5.41) is 105. The molecule has 1 aromatic carbocycles. The second-order valence-corrected chi connectivity index (χ2v) is 29.0. The summed E-state index contributed by atoms with van der Waals surface area (Å²) in [5.41, 5.74) is -0.877. The Bertz CT molecular complexity index is 2620. The van der Waals surface area contributed by atoms with Gasteiger partial charge in [-0.1, -0.05) is 12.1 Å². The van der Waals surface area contributed by atoms with Crippen LogP contribution in [0.2, 0.25) is 0 Å². The van der Waals surface area contributed by atoms with Gasteiger partial charge in [0.25, 0.3) is 0 Å². The lowest BCUT2D eigenvalue weighted by atomic mass is 9.97. The molecule has 0 aromatic heterocycles. The van der Waals surface area contributed by atoms with E-state index in [1.807, 2.05) is 0 Å². The number of ether oxygens (including phenoxy) is 14. The van der Waals surface area contributed by atoms with Crippen molar-refractivity contribution in [2.24, 2.45) is 0 Å². The summed E-state index contributed by atoms with van der Waals surface area (Å²) in [7, 11) is 0. The van der Waals surface area contributed by atoms with Crippen LogP contribution in [-0.4, -0.2) is 362 Å². The van der Waals surface area contributed by atoms with Crippen LogP contribution in [0.1, 0.15) is 51.5 Å². The van der Waals surface area contributed by atoms with Crippen LogP contribution in [0.15, 0.2) is 24.3 Å². The topological polar surface area (TPSA) is 562 Å². The van der Waals surface area contributed by atoms with Gasteiger partial charge in [0.15, 0.2) is 18.9 Å². The van der Waals surface area contributed by atoms with Crippen molar-refractivity contribution in [2.75, 3.05) is 178 Å². The van der Waals surface area contributed by atoms with Crippen LogP contribution in [0.5, 0.6) is 5.75 Å². The molecule has 42 heteroatoms. The number of benzene rings is 1. The van der Waals surface area contributed by atoms with Gasteiger partial charge in [0.1, 0.15) is 78.0 Å². The SMILES string of the molecule is CC(=O)N[C@H]1[C@H](OCCOCCNC(=O)CCOCC(COCCC(=O)CNCCOCCO[C@H]2C[C@@H](O)[C@@H](O)[C@@H](CO)O2)(COCCC(=O)NCCOCCO[C@@H]2O[C@H](CO)[C@H](O)[C@H](O)[C@H]2NC(C)=O)NC(=O)CCOCCOCCNC(=O)Cc2ccc(OP(=O)(O)I)cc2)O[C@H](CO)[C@H](O)[C@@H]1O. The van der Waals surface area contributed by atoms with Gasteiger partial charge in [-0.15, -0.1) is 0 Å². The molecule has 3 saturated heterocycles. The molecule has 15 atom stereocenters. The molecule has 4 rings (SSSR count). The highest BCUT2D eigenvalue weighted by Gasteiger charge is 2.47. The lowest BCUT2D eigenvalue weighted by molar-refractivity contribution is -0.272. The average molecular weight is 1650 g/mol. The monoisotopic (exact) mass is 1650 g/mol. The molecule has 0 aliphatic carbocycles. The molecule has 3 fully saturated rings. The Balaban J connectivity index is 1.31. The number of rotatable bonds is 57. The molecule has 0 bridgehead atoms. The largest absolute Gasteiger partial charge is 0.436 e. The van der Waals surface area contributed by atoms with Crippen LogP contribution in [0.25, 0.3) is 0 Å². The van der Waals surface area contributed by atoms with Gasteiger partial charge in [0, 0.05) is 72.1 Å². The highest BCUT2D eigenvalue weighted by Crippen LogP contribution is 2.51. The van der Waals surface area contributed by atoms with Crippen molar-refractivity contribution in [2.45, 2.75) is 144 Å². The maximum Gasteiger partial charge on any atom is 0.436 e. The molecule has 6 amide bonds. The van der Waals surface area contributed by atoms with E-state index in [9.17, 15) is 89.0 Å². The number of aliphatic hydroxyl groups is 9. The molecule has 3 aliphatic heterocycles. The molecular weight excluding hydrogens is 1540 g/mol. The molecule has 0 spiro atoms. The Morgan fingerprint density at radius 3 is 1.37 bits per heavy atom. The van der Waals surface area contributed by atoms with Crippen LogP contribution in [0, 0.1) is 0 Å². The van der Waals surface area contributed by atoms with Crippen LogP contribution in [0.4, 0.5) is 0 Å². The van der Waals surface area contributed by atoms with Crippen molar-refractivity contribution >= 4 is 68.5 Å². The number of hydrogen-bond acceptors (Lipinski definition) is 33. The van der Waals surface area contributed by atoms with Gasteiger partial charge in [-0.2, -0.15) is 0 Å². The van der Waals surface area contributed by atoms with E-state index < -0.39 is 146 Å². The first-order chi connectivity index (χ1) is 50.3. The van der Waals surface area contributed by atoms with Crippen LogP contribution in [-0.2, 0) is 111 Å². The van der Waals surface area contributed by atoms with Gasteiger partial charge in [-0.05, 0) is 17.7 Å². The van der Waals surface area contributed by atoms with E-state index in [0.29, 0.717) is 5.56 Å². The Morgan fingerprint density at radius 2 is 0.905 bits per heavy atom. The Labute approximate surface area is 620 Å². The summed E-state index contributed by atoms with van der Waals surface area (Å²) in [6.07, 6.45) is -15.6. The lowest BCUT2D eigenvalue weighted by Gasteiger charge is -2.42. The molecule has 3 heterocycles. The standard InChI is InChI=1S/C63H107IN7O33P/c1-40(75)69-54-59(86)57(84)47(35-73)102-61(54)99-29-26-93-20-12-66-49(79)8-17-96-38-63(37-95-15-7-43(77)33-65-11-19-91-25-28-98-53-32-45(78)56(83)46(34-72)101-53,71-51(81)10-16-90-23-24-92-22-14-68-52(82)31-42-3-5-44(6-4-42)104-105(64,88)89)39-97-18-9-50(80)67-13-21-94-27-30-100-62-55(70-41(2)76)60(87)58(85)48(36-74)103-62/h3-6,45-48,53-62,65,72-74,78,83-87H,7-39H2,1-2H3,(H,66,79)(H,67,80)(H,68,82)(H,69,75)(H,70,76)(H,71,81)(H,88,89)/t45-,46-,47-,48-,53-,54-,55-,56-,57+,58+,59-,60-,61-,62-/m1/s1. The maximum atomic E-state index is 13.8. The normalized spacial score (nSPS) is 24.6. The van der Waals surface area contributed by atoms with Gasteiger partial charge in [-0.3, -0.25) is 33.6 Å². The molecule has 1 unspecified atom stereocenters. The third-order valence-electron chi connectivity index (χ3n) is 15.6. The van der Waals surface area contributed by atoms with Crippen molar-refractivity contribution in [1.82, 2.24) is 37.2 Å². The number of halogens is 1. The second-order valence-electron chi connectivity index (χ2n) is 24.2. The minimum Gasteiger partial charge on any atom is -0.418 e. The summed E-state index contributed by atoms with van der Waals surface area (Å²) >= 11 is 1.29. The summed E-state index contributed by atoms with van der Waals surface area (Å²) in [6.45, 7) is 0.149. The van der Waals surface area contributed by atoms with E-state index in [2.05, 4.69) is 37.2 Å². The third-order valence-corrected chi connectivity index (χ3v) is 16.6. The Hall–Kier alpha value is -4.53. The molecule has 3 aliphatic rings. The van der Waals surface area contributed by atoms with Crippen molar-refractivity contribution < 1.29 is 160 Å². The molecule has 40 nitrogen and oxygen atoms in total. The molecule has 604 valence electrons. The first-order valence-electron chi connectivity index (χ1n) is 34.3. The van der Waals surface area contributed by atoms with Crippen LogP contribution >= 0.6 is 27.3 Å². The number of ketones is 1. The van der Waals surface area contributed by atoms with E-state index >= 15 is 0 Å². The number of hydrogen-bond donors (Lipinski definition) is 17. The minimum atomic E-state index is -3.78. The predicted molar refractivity (Wildman–Crippen MR) is 368 cm³/mol. The molecule has 0 radical (unpaired) electrons. The summed E-state index contributed by atoms with van der Waals surface area (Å²) in [5.74, 6) is -2.86. The van der Waals surface area contributed by atoms with E-state index in [1.54, 1.807) is 12.1 Å². The number of carbonyl (C=O) groups is 7. The van der Waals surface area contributed by atoms with Crippen molar-refractivity contribution in [3.05, 3.63) is 29.8 Å². The summed E-state index contributed by atoms with van der Waals surface area (Å²) in [6, 6.07) is 3.84. The molecule has 1 aromatic rings. The summed E-state index contributed by atoms with van der Waals surface area (Å²) < 4.78 is 95.8. The first-order valence-corrected chi connectivity index (χ1v) is 38.7. The van der Waals surface area contributed by atoms with E-state index in [1.165, 1.54) is 48.0 Å². The van der Waals surface area contributed by atoms with Crippen LogP contribution in [0.3, 0.4) is 0 Å². The summed E-state index contributed by atoms with van der Waals surface area (Å²) in [4.78, 5) is 98.3. The maximum absolute atomic E-state index is 13.8. The van der Waals surface area contributed by atoms with E-state index in [0.717, 1.165) is 0 Å². The number of carbonyl (C=O) groups excluding carboxylic acids is 7. The highest BCUT2D eigenvalue weighted by atomic mass is 127. The number of amides is 6. The lowest BCUT2D eigenvalue weighted by Crippen LogP contribution is -2.64. The quantitative estimate of drug-likeness (QED) is 0.0164. The zero-order valence-corrected chi connectivity index (χ0v) is 62.0. The van der Waals surface area contributed by atoms with Crippen molar-refractivity contribution in [1.29, 1.82) is 0 Å². The van der Waals surface area contributed by atoms with Gasteiger partial charge in [0.05, 0.1) is 186 Å². The zero-order chi connectivity index (χ0) is 77.0. The molecule has 0 saturated carbocycles. The first kappa shape index (κ1) is 92.9. The van der Waals surface area contributed by atoms with Gasteiger partial charge < -0.3 is 159 Å². The Morgan fingerprint density at radius 1 is 0.495 bits per heavy atom. The number of Topliss-reactive ketones (excluding diaryl/α,β-unsaturated/α-hetero) is 1. The Kier molecular flexibility index (Phi) is 46.5. The smallest absolute Gasteiger partial charge is 0.418 e. The van der Waals surface area contributed by atoms with Gasteiger partial charge in [-0.25, -0.2) is 4.57 Å². The molecule has 17 N–H and O–H groups in total. The van der Waals surface area contributed by atoms with Gasteiger partial charge >= 0.3 is 5.24 Å². The highest BCUT2D eigenvalue weighted by molar-refractivity contribution is 14.2. The zero-order valence-electron chi connectivity index (χ0n) is 58.9. The van der Waals surface area contributed by atoms with Gasteiger partial charge in [0.2, 0.25) is 35.4 Å². The molecular formula is C63H107IN7O33P. The predicted octanol–water partition coefficient (Wildman–Crippen LogP) is -7.03. The van der Waals surface area contributed by atoms with Crippen LogP contribution < -0.4 is 41.7 Å². The molecule has 105 heavy (non-hydrogen) atoms. The fourth-order valence-electron chi connectivity index (χ4n) is 10.3. The number of aliphatic hydroxyl groups excluding tert-OH is 9. The average Bonchev–Trinajstić information content (AvgIpc) is 0.813. The van der Waals surface area contributed by atoms with E-state index in [4.69, 9.17) is 70.8 Å². The van der Waals surface area contributed by atoms with Crippen molar-refractivity contribution in [3.8, 4) is 5.75 Å². The fourth-order valence-corrected chi connectivity index (χ4v) is 11.3. The second kappa shape index (κ2) is 52.6. The van der Waals surface area contributed by atoms with Crippen molar-refractivity contribution in [3.63, 3.8) is 0 Å². The number of nitrogens with one attached hydrogen (secondary N) is 7. The fraction of sp³-hybridized carbons (Fsp3) is 0.794. The van der Waals surface area contributed by atoms with E-state index in [-0.39, 0.29) is 214 Å². The minimum absolute atomic E-state index is 0.00495.